The van der Waals surface area contributed by atoms with Gasteiger partial charge in [-0.05, 0) is 24.6 Å². The van der Waals surface area contributed by atoms with E-state index in [0.717, 1.165) is 16.7 Å². The molecule has 5 nitrogen and oxygen atoms in total. The van der Waals surface area contributed by atoms with Crippen LogP contribution in [0.15, 0.2) is 30.6 Å². The van der Waals surface area contributed by atoms with Crippen molar-refractivity contribution in [2.45, 2.75) is 13.5 Å². The van der Waals surface area contributed by atoms with Gasteiger partial charge in [-0.3, -0.25) is 9.89 Å². The smallest absolute Gasteiger partial charge is 0.251 e. The van der Waals surface area contributed by atoms with Gasteiger partial charge in [0.05, 0.1) is 12.7 Å². The summed E-state index contributed by atoms with van der Waals surface area (Å²) in [6.45, 7) is 2.64. The maximum absolute atomic E-state index is 12.2. The van der Waals surface area contributed by atoms with Gasteiger partial charge < -0.3 is 11.1 Å². The largest absolute Gasteiger partial charge is 0.348 e. The van der Waals surface area contributed by atoms with Crippen molar-refractivity contribution in [3.05, 3.63) is 52.8 Å². The van der Waals surface area contributed by atoms with Crippen molar-refractivity contribution in [3.63, 3.8) is 0 Å². The fourth-order valence-corrected chi connectivity index (χ4v) is 1.75. The summed E-state index contributed by atoms with van der Waals surface area (Å²) < 4.78 is 0. The van der Waals surface area contributed by atoms with Crippen LogP contribution in [0.1, 0.15) is 27.0 Å². The summed E-state index contributed by atoms with van der Waals surface area (Å²) in [7, 11) is 0. The van der Waals surface area contributed by atoms with Crippen LogP contribution in [-0.2, 0) is 6.54 Å². The van der Waals surface area contributed by atoms with E-state index < -0.39 is 0 Å². The molecule has 102 valence electrons. The van der Waals surface area contributed by atoms with Gasteiger partial charge >= 0.3 is 0 Å². The third kappa shape index (κ3) is 3.46. The van der Waals surface area contributed by atoms with Crippen LogP contribution >= 0.6 is 0 Å². The van der Waals surface area contributed by atoms with Crippen LogP contribution < -0.4 is 11.1 Å². The number of nitrogens with zero attached hydrogens (tertiary/aromatic N) is 1. The number of carbonyl (C=O) groups is 1. The number of nitrogens with one attached hydrogen (secondary N) is 2. The SMILES string of the molecule is Cc1ccc(C#CCN)cc1C(=O)NCc1cn[nH]c1. The number of aryl methyl sites for hydroxylation is 1. The zero-order valence-corrected chi connectivity index (χ0v) is 11.2. The topological polar surface area (TPSA) is 83.8 Å². The molecule has 0 saturated carbocycles. The molecule has 1 aromatic heterocycles. The number of benzene rings is 1. The van der Waals surface area contributed by atoms with Gasteiger partial charge in [0.15, 0.2) is 0 Å². The molecule has 20 heavy (non-hydrogen) atoms. The highest BCUT2D eigenvalue weighted by molar-refractivity contribution is 5.95. The van der Waals surface area contributed by atoms with E-state index in [9.17, 15) is 4.79 Å². The van der Waals surface area contributed by atoms with Gasteiger partial charge in [-0.25, -0.2) is 0 Å². The molecule has 2 aromatic rings. The van der Waals surface area contributed by atoms with Crippen LogP contribution in [0.3, 0.4) is 0 Å². The summed E-state index contributed by atoms with van der Waals surface area (Å²) in [4.78, 5) is 12.2. The number of H-pyrrole nitrogens is 1. The second-order valence-electron chi connectivity index (χ2n) is 4.32. The van der Waals surface area contributed by atoms with Crippen molar-refractivity contribution < 1.29 is 4.79 Å². The third-order valence-corrected chi connectivity index (χ3v) is 2.82. The predicted molar refractivity (Wildman–Crippen MR) is 76.9 cm³/mol. The van der Waals surface area contributed by atoms with Gasteiger partial charge in [-0.15, -0.1) is 0 Å². The van der Waals surface area contributed by atoms with Crippen molar-refractivity contribution in [2.75, 3.05) is 6.54 Å². The summed E-state index contributed by atoms with van der Waals surface area (Å²) in [5.41, 5.74) is 8.59. The molecule has 1 aromatic carbocycles. The fourth-order valence-electron chi connectivity index (χ4n) is 1.75. The summed E-state index contributed by atoms with van der Waals surface area (Å²) in [5.74, 6) is 5.58. The molecule has 1 heterocycles. The lowest BCUT2D eigenvalue weighted by Gasteiger charge is -2.07. The minimum absolute atomic E-state index is 0.125. The van der Waals surface area contributed by atoms with E-state index in [1.54, 1.807) is 18.5 Å². The van der Waals surface area contributed by atoms with Crippen molar-refractivity contribution >= 4 is 5.91 Å². The molecule has 0 bridgehead atoms. The Hall–Kier alpha value is -2.58. The van der Waals surface area contributed by atoms with Crippen LogP contribution in [0, 0.1) is 18.8 Å². The zero-order chi connectivity index (χ0) is 14.4. The first-order valence-corrected chi connectivity index (χ1v) is 6.26. The first kappa shape index (κ1) is 13.8. The number of hydrogen-bond acceptors (Lipinski definition) is 3. The molecule has 0 fully saturated rings. The van der Waals surface area contributed by atoms with E-state index in [1.165, 1.54) is 0 Å². The van der Waals surface area contributed by atoms with Crippen LogP contribution in [0.4, 0.5) is 0 Å². The highest BCUT2D eigenvalue weighted by Crippen LogP contribution is 2.11. The maximum Gasteiger partial charge on any atom is 0.251 e. The van der Waals surface area contributed by atoms with Gasteiger partial charge in [0.2, 0.25) is 0 Å². The lowest BCUT2D eigenvalue weighted by molar-refractivity contribution is 0.0950. The molecule has 0 saturated heterocycles. The van der Waals surface area contributed by atoms with E-state index in [4.69, 9.17) is 5.73 Å². The molecule has 0 aliphatic heterocycles. The van der Waals surface area contributed by atoms with Crippen LogP contribution in [0.2, 0.25) is 0 Å². The molecule has 0 unspecified atom stereocenters. The van der Waals surface area contributed by atoms with Crippen molar-refractivity contribution in [1.29, 1.82) is 0 Å². The second kappa shape index (κ2) is 6.55. The average molecular weight is 268 g/mol. The highest BCUT2D eigenvalue weighted by atomic mass is 16.1. The number of amides is 1. The molecule has 5 heteroatoms. The van der Waals surface area contributed by atoms with E-state index >= 15 is 0 Å². The fraction of sp³-hybridized carbons (Fsp3) is 0.200. The van der Waals surface area contributed by atoms with Gasteiger partial charge in [0.1, 0.15) is 0 Å². The molecule has 4 N–H and O–H groups in total. The number of hydrogen-bond donors (Lipinski definition) is 3. The molecule has 0 aliphatic carbocycles. The molecule has 1 amide bonds. The van der Waals surface area contributed by atoms with Crippen molar-refractivity contribution in [2.24, 2.45) is 5.73 Å². The Morgan fingerprint density at radius 1 is 1.50 bits per heavy atom. The molecular weight excluding hydrogens is 252 g/mol. The molecule has 0 aliphatic rings. The zero-order valence-electron chi connectivity index (χ0n) is 11.2. The van der Waals surface area contributed by atoms with E-state index in [2.05, 4.69) is 27.4 Å². The first-order chi connectivity index (χ1) is 9.70. The Balaban J connectivity index is 2.12. The van der Waals surface area contributed by atoms with Gasteiger partial charge in [-0.2, -0.15) is 5.10 Å². The first-order valence-electron chi connectivity index (χ1n) is 6.26. The third-order valence-electron chi connectivity index (χ3n) is 2.82. The molecular formula is C15H16N4O. The Labute approximate surface area is 117 Å². The van der Waals surface area contributed by atoms with Crippen LogP contribution in [-0.4, -0.2) is 22.6 Å². The van der Waals surface area contributed by atoms with E-state index in [-0.39, 0.29) is 5.91 Å². The summed E-state index contributed by atoms with van der Waals surface area (Å²) in [6.07, 6.45) is 3.42. The minimum atomic E-state index is -0.125. The molecule has 0 radical (unpaired) electrons. The summed E-state index contributed by atoms with van der Waals surface area (Å²) in [6, 6.07) is 5.54. The number of aromatic nitrogens is 2. The molecule has 2 rings (SSSR count). The summed E-state index contributed by atoms with van der Waals surface area (Å²) in [5, 5.41) is 9.39. The number of aromatic amines is 1. The monoisotopic (exact) mass is 268 g/mol. The van der Waals surface area contributed by atoms with E-state index in [0.29, 0.717) is 18.7 Å². The number of rotatable bonds is 3. The minimum Gasteiger partial charge on any atom is -0.348 e. The maximum atomic E-state index is 12.2. The van der Waals surface area contributed by atoms with Gasteiger partial charge in [0, 0.05) is 29.4 Å². The highest BCUT2D eigenvalue weighted by Gasteiger charge is 2.09. The standard InChI is InChI=1S/C15H16N4O/c1-11-4-5-12(3-2-6-16)7-14(11)15(20)17-8-13-9-18-19-10-13/h4-5,7,9-10H,6,8,16H2,1H3,(H,17,20)(H,18,19). The second-order valence-corrected chi connectivity index (χ2v) is 4.32. The lowest BCUT2D eigenvalue weighted by atomic mass is 10.0. The van der Waals surface area contributed by atoms with Gasteiger partial charge in [0.25, 0.3) is 5.91 Å². The van der Waals surface area contributed by atoms with Crippen molar-refractivity contribution in [3.8, 4) is 11.8 Å². The predicted octanol–water partition coefficient (Wildman–Crippen LogP) is 0.958. The normalized spacial score (nSPS) is 9.70. The Kier molecular flexibility index (Phi) is 4.53. The Morgan fingerprint density at radius 2 is 2.35 bits per heavy atom. The summed E-state index contributed by atoms with van der Waals surface area (Å²) >= 11 is 0. The number of nitrogens with two attached hydrogens (primary N) is 1. The number of carbonyl (C=O) groups excluding carboxylic acids is 1. The quantitative estimate of drug-likeness (QED) is 0.725. The van der Waals surface area contributed by atoms with Crippen LogP contribution in [0.5, 0.6) is 0 Å². The van der Waals surface area contributed by atoms with Crippen molar-refractivity contribution in [1.82, 2.24) is 15.5 Å². The van der Waals surface area contributed by atoms with E-state index in [1.807, 2.05) is 19.1 Å². The Morgan fingerprint density at radius 3 is 3.05 bits per heavy atom. The molecule has 0 spiro atoms. The average Bonchev–Trinajstić information content (AvgIpc) is 2.97. The Bertz CT molecular complexity index is 650. The molecule has 0 atom stereocenters. The lowest BCUT2D eigenvalue weighted by Crippen LogP contribution is -2.23. The van der Waals surface area contributed by atoms with Crippen LogP contribution in [0.25, 0.3) is 0 Å². The van der Waals surface area contributed by atoms with Gasteiger partial charge in [-0.1, -0.05) is 17.9 Å².